The molecule has 26 heavy (non-hydrogen) atoms. The molecule has 3 nitrogen and oxygen atoms in total. The average molecular weight is 362 g/mol. The molecule has 128 valence electrons. The van der Waals surface area contributed by atoms with Crippen LogP contribution in [0.5, 0.6) is 5.75 Å². The van der Waals surface area contributed by atoms with E-state index < -0.39 is 0 Å². The van der Waals surface area contributed by atoms with Crippen molar-refractivity contribution in [2.75, 3.05) is 7.11 Å². The number of rotatable bonds is 3. The SMILES string of the molecule is COc1ccc(-n2c(-c3ccccc3)cc(=O)c3ccc(Cl)cc32)cc1. The number of fused-ring (bicyclic) bond motifs is 1. The Morgan fingerprint density at radius 1 is 0.885 bits per heavy atom. The van der Waals surface area contributed by atoms with Gasteiger partial charge in [0.2, 0.25) is 0 Å². The van der Waals surface area contributed by atoms with Crippen molar-refractivity contribution in [2.45, 2.75) is 0 Å². The summed E-state index contributed by atoms with van der Waals surface area (Å²) < 4.78 is 7.32. The van der Waals surface area contributed by atoms with Crippen molar-refractivity contribution in [3.05, 3.63) is 94.1 Å². The van der Waals surface area contributed by atoms with E-state index in [4.69, 9.17) is 16.3 Å². The van der Waals surface area contributed by atoms with E-state index in [1.54, 1.807) is 25.3 Å². The average Bonchev–Trinajstić information content (AvgIpc) is 2.68. The van der Waals surface area contributed by atoms with Crippen LogP contribution in [0.2, 0.25) is 5.02 Å². The molecule has 0 aliphatic carbocycles. The Bertz CT molecular complexity index is 1130. The van der Waals surface area contributed by atoms with Gasteiger partial charge in [0.25, 0.3) is 0 Å². The molecule has 1 heterocycles. The van der Waals surface area contributed by atoms with Crippen molar-refractivity contribution in [1.82, 2.24) is 4.57 Å². The summed E-state index contributed by atoms with van der Waals surface area (Å²) in [7, 11) is 1.64. The highest BCUT2D eigenvalue weighted by molar-refractivity contribution is 6.31. The summed E-state index contributed by atoms with van der Waals surface area (Å²) in [6, 6.07) is 24.6. The summed E-state index contributed by atoms with van der Waals surface area (Å²) >= 11 is 6.24. The minimum atomic E-state index is -0.0275. The quantitative estimate of drug-likeness (QED) is 0.494. The van der Waals surface area contributed by atoms with Crippen LogP contribution < -0.4 is 10.2 Å². The molecule has 0 unspecified atom stereocenters. The van der Waals surface area contributed by atoms with Crippen molar-refractivity contribution < 1.29 is 4.74 Å². The van der Waals surface area contributed by atoms with Gasteiger partial charge in [-0.15, -0.1) is 0 Å². The minimum absolute atomic E-state index is 0.0275. The lowest BCUT2D eigenvalue weighted by atomic mass is 10.1. The van der Waals surface area contributed by atoms with Crippen LogP contribution in [0.1, 0.15) is 0 Å². The maximum atomic E-state index is 12.7. The molecular weight excluding hydrogens is 346 g/mol. The van der Waals surface area contributed by atoms with Crippen molar-refractivity contribution >= 4 is 22.5 Å². The zero-order valence-electron chi connectivity index (χ0n) is 14.1. The van der Waals surface area contributed by atoms with E-state index in [9.17, 15) is 4.79 Å². The first-order chi connectivity index (χ1) is 12.7. The van der Waals surface area contributed by atoms with Crippen molar-refractivity contribution in [2.24, 2.45) is 0 Å². The monoisotopic (exact) mass is 361 g/mol. The van der Waals surface area contributed by atoms with Gasteiger partial charge < -0.3 is 9.30 Å². The topological polar surface area (TPSA) is 31.2 Å². The summed E-state index contributed by atoms with van der Waals surface area (Å²) in [5.41, 5.74) is 3.45. The van der Waals surface area contributed by atoms with Gasteiger partial charge in [-0.05, 0) is 48.0 Å². The Morgan fingerprint density at radius 3 is 2.31 bits per heavy atom. The molecule has 1 aromatic heterocycles. The largest absolute Gasteiger partial charge is 0.497 e. The normalized spacial score (nSPS) is 10.8. The molecule has 0 N–H and O–H groups in total. The van der Waals surface area contributed by atoms with E-state index in [1.165, 1.54) is 0 Å². The number of methoxy groups -OCH3 is 1. The number of hydrogen-bond acceptors (Lipinski definition) is 2. The van der Waals surface area contributed by atoms with Gasteiger partial charge in [-0.25, -0.2) is 0 Å². The van der Waals surface area contributed by atoms with Crippen LogP contribution in [0.25, 0.3) is 27.8 Å². The number of halogens is 1. The number of aromatic nitrogens is 1. The molecule has 4 aromatic rings. The lowest BCUT2D eigenvalue weighted by molar-refractivity contribution is 0.415. The molecule has 0 aliphatic rings. The molecule has 0 amide bonds. The third-order valence-electron chi connectivity index (χ3n) is 4.38. The Labute approximate surface area is 156 Å². The minimum Gasteiger partial charge on any atom is -0.497 e. The number of hydrogen-bond donors (Lipinski definition) is 0. The van der Waals surface area contributed by atoms with Crippen LogP contribution in [0.3, 0.4) is 0 Å². The van der Waals surface area contributed by atoms with Crippen molar-refractivity contribution in [3.63, 3.8) is 0 Å². The van der Waals surface area contributed by atoms with Gasteiger partial charge in [0.15, 0.2) is 5.43 Å². The van der Waals surface area contributed by atoms with Gasteiger partial charge in [-0.2, -0.15) is 0 Å². The van der Waals surface area contributed by atoms with Crippen molar-refractivity contribution in [1.29, 1.82) is 0 Å². The number of ether oxygens (including phenoxy) is 1. The van der Waals surface area contributed by atoms with Gasteiger partial charge in [0.05, 0.1) is 18.3 Å². The molecule has 0 spiro atoms. The van der Waals surface area contributed by atoms with Crippen LogP contribution in [-0.2, 0) is 0 Å². The Morgan fingerprint density at radius 2 is 1.62 bits per heavy atom. The summed E-state index contributed by atoms with van der Waals surface area (Å²) in [5.74, 6) is 0.776. The molecule has 0 bridgehead atoms. The first-order valence-electron chi connectivity index (χ1n) is 8.22. The Balaban J connectivity index is 2.11. The summed E-state index contributed by atoms with van der Waals surface area (Å²) in [5, 5.41) is 1.22. The first kappa shape index (κ1) is 16.4. The number of pyridine rings is 1. The van der Waals surface area contributed by atoms with Crippen LogP contribution in [-0.4, -0.2) is 11.7 Å². The molecule has 3 aromatic carbocycles. The molecule has 0 saturated carbocycles. The van der Waals surface area contributed by atoms with E-state index in [-0.39, 0.29) is 5.43 Å². The third kappa shape index (κ3) is 2.87. The molecule has 0 saturated heterocycles. The standard InChI is InChI=1S/C22H16ClNO2/c1-26-18-10-8-17(9-11-18)24-20(15-5-3-2-4-6-15)14-22(25)19-12-7-16(23)13-21(19)24/h2-14H,1H3. The first-order valence-corrected chi connectivity index (χ1v) is 8.60. The lowest BCUT2D eigenvalue weighted by Gasteiger charge is -2.18. The highest BCUT2D eigenvalue weighted by Gasteiger charge is 2.13. The van der Waals surface area contributed by atoms with E-state index in [0.717, 1.165) is 28.2 Å². The zero-order valence-corrected chi connectivity index (χ0v) is 14.9. The number of nitrogens with zero attached hydrogens (tertiary/aromatic N) is 1. The van der Waals surface area contributed by atoms with Crippen LogP contribution >= 0.6 is 11.6 Å². The summed E-state index contributed by atoms with van der Waals surface area (Å²) in [4.78, 5) is 12.7. The van der Waals surface area contributed by atoms with E-state index >= 15 is 0 Å². The van der Waals surface area contributed by atoms with Gasteiger partial charge in [-0.3, -0.25) is 4.79 Å². The molecule has 0 fully saturated rings. The molecule has 0 atom stereocenters. The fourth-order valence-electron chi connectivity index (χ4n) is 3.13. The van der Waals surface area contributed by atoms with Crippen LogP contribution in [0.15, 0.2) is 83.7 Å². The maximum Gasteiger partial charge on any atom is 0.190 e. The molecular formula is C22H16ClNO2. The highest BCUT2D eigenvalue weighted by atomic mass is 35.5. The van der Waals surface area contributed by atoms with E-state index in [1.807, 2.05) is 60.7 Å². The van der Waals surface area contributed by atoms with E-state index in [2.05, 4.69) is 4.57 Å². The fraction of sp³-hybridized carbons (Fsp3) is 0.0455. The highest BCUT2D eigenvalue weighted by Crippen LogP contribution is 2.29. The molecule has 4 heteroatoms. The predicted molar refractivity (Wildman–Crippen MR) is 107 cm³/mol. The summed E-state index contributed by atoms with van der Waals surface area (Å²) in [6.07, 6.45) is 0. The smallest absolute Gasteiger partial charge is 0.190 e. The fourth-order valence-corrected chi connectivity index (χ4v) is 3.29. The third-order valence-corrected chi connectivity index (χ3v) is 4.61. The van der Waals surface area contributed by atoms with E-state index in [0.29, 0.717) is 10.4 Å². The molecule has 4 rings (SSSR count). The van der Waals surface area contributed by atoms with Gasteiger partial charge >= 0.3 is 0 Å². The van der Waals surface area contributed by atoms with Crippen molar-refractivity contribution in [3.8, 4) is 22.7 Å². The van der Waals surface area contributed by atoms with Gasteiger partial charge in [0.1, 0.15) is 5.75 Å². The second-order valence-corrected chi connectivity index (χ2v) is 6.39. The second kappa shape index (κ2) is 6.70. The predicted octanol–water partition coefficient (Wildman–Crippen LogP) is 5.32. The second-order valence-electron chi connectivity index (χ2n) is 5.95. The summed E-state index contributed by atoms with van der Waals surface area (Å²) in [6.45, 7) is 0. The molecule has 0 radical (unpaired) electrons. The Kier molecular flexibility index (Phi) is 4.23. The lowest BCUT2D eigenvalue weighted by Crippen LogP contribution is -2.10. The maximum absolute atomic E-state index is 12.7. The molecule has 0 aliphatic heterocycles. The Hall–Kier alpha value is -3.04. The zero-order chi connectivity index (χ0) is 18.1. The number of benzene rings is 3. The van der Waals surface area contributed by atoms with Gasteiger partial charge in [-0.1, -0.05) is 41.9 Å². The van der Waals surface area contributed by atoms with Crippen LogP contribution in [0, 0.1) is 0 Å². The van der Waals surface area contributed by atoms with Crippen LogP contribution in [0.4, 0.5) is 0 Å². The van der Waals surface area contributed by atoms with Gasteiger partial charge in [0, 0.05) is 22.2 Å².